The van der Waals surface area contributed by atoms with Crippen LogP contribution in [0.25, 0.3) is 38.9 Å². The van der Waals surface area contributed by atoms with Gasteiger partial charge in [0.2, 0.25) is 5.91 Å². The average molecular weight is 561 g/mol. The second-order valence-corrected chi connectivity index (χ2v) is 10.4. The molecule has 210 valence electrons. The molecule has 12 heteroatoms. The van der Waals surface area contributed by atoms with E-state index in [4.69, 9.17) is 15.5 Å². The number of ether oxygens (including phenoxy) is 1. The van der Waals surface area contributed by atoms with E-state index in [2.05, 4.69) is 36.3 Å². The molecule has 12 nitrogen and oxygen atoms in total. The van der Waals surface area contributed by atoms with Crippen LogP contribution in [0.2, 0.25) is 0 Å². The Morgan fingerprint density at radius 3 is 2.79 bits per heavy atom. The molecule has 6 heterocycles. The van der Waals surface area contributed by atoms with Crippen LogP contribution >= 0.6 is 0 Å². The first-order valence-corrected chi connectivity index (χ1v) is 13.5. The summed E-state index contributed by atoms with van der Waals surface area (Å²) in [5.41, 5.74) is 11.1. The molecular weight excluding hydrogens is 532 g/mol. The van der Waals surface area contributed by atoms with Crippen LogP contribution in [0, 0.1) is 0 Å². The number of amides is 1. The molecule has 1 amide bonds. The Labute approximate surface area is 240 Å². The number of anilines is 2. The van der Waals surface area contributed by atoms with Crippen LogP contribution in [-0.4, -0.2) is 59.3 Å². The van der Waals surface area contributed by atoms with Gasteiger partial charge in [0.25, 0.3) is 0 Å². The van der Waals surface area contributed by atoms with E-state index in [-0.39, 0.29) is 11.9 Å². The SMILES string of the molecule is CC(=O)NC1CN(c2ccc3ccc(OCc4cncc(-n5cc(-c6ccn(C)n6)c6c(N)ncnc65)c4)cc3n2)C1. The van der Waals surface area contributed by atoms with E-state index in [1.165, 1.54) is 13.3 Å². The molecule has 0 bridgehead atoms. The predicted octanol–water partition coefficient (Wildman–Crippen LogP) is 3.25. The van der Waals surface area contributed by atoms with Gasteiger partial charge in [0, 0.05) is 68.2 Å². The summed E-state index contributed by atoms with van der Waals surface area (Å²) < 4.78 is 9.86. The number of aryl methyl sites for hydroxylation is 1. The van der Waals surface area contributed by atoms with Gasteiger partial charge in [-0.3, -0.25) is 19.0 Å². The van der Waals surface area contributed by atoms with E-state index < -0.39 is 0 Å². The third kappa shape index (κ3) is 4.72. The second kappa shape index (κ2) is 10.1. The molecule has 1 aliphatic heterocycles. The fourth-order valence-electron chi connectivity index (χ4n) is 5.28. The van der Waals surface area contributed by atoms with Gasteiger partial charge in [-0.15, -0.1) is 0 Å². The van der Waals surface area contributed by atoms with Gasteiger partial charge in [-0.1, -0.05) is 0 Å². The summed E-state index contributed by atoms with van der Waals surface area (Å²) in [6.45, 7) is 3.35. The molecule has 42 heavy (non-hydrogen) atoms. The number of nitrogens with zero attached hydrogens (tertiary/aromatic N) is 8. The summed E-state index contributed by atoms with van der Waals surface area (Å²) >= 11 is 0. The van der Waals surface area contributed by atoms with Gasteiger partial charge < -0.3 is 20.7 Å². The van der Waals surface area contributed by atoms with Crippen molar-refractivity contribution in [2.45, 2.75) is 19.6 Å². The molecule has 3 N–H and O–H groups in total. The summed E-state index contributed by atoms with van der Waals surface area (Å²) in [5, 5.41) is 9.26. The number of fused-ring (bicyclic) bond motifs is 2. The number of pyridine rings is 2. The van der Waals surface area contributed by atoms with Crippen molar-refractivity contribution in [3.8, 4) is 22.7 Å². The topological polar surface area (TPSA) is 142 Å². The predicted molar refractivity (Wildman–Crippen MR) is 159 cm³/mol. The molecular formula is C30H28N10O2. The lowest BCUT2D eigenvalue weighted by molar-refractivity contribution is -0.119. The highest BCUT2D eigenvalue weighted by atomic mass is 16.5. The molecule has 0 atom stereocenters. The molecule has 1 aromatic carbocycles. The van der Waals surface area contributed by atoms with Gasteiger partial charge in [-0.2, -0.15) is 5.10 Å². The first kappa shape index (κ1) is 25.4. The number of nitrogen functional groups attached to an aromatic ring is 1. The van der Waals surface area contributed by atoms with Crippen molar-refractivity contribution < 1.29 is 9.53 Å². The fourth-order valence-corrected chi connectivity index (χ4v) is 5.28. The van der Waals surface area contributed by atoms with Gasteiger partial charge in [-0.25, -0.2) is 15.0 Å². The molecule has 6 aromatic rings. The minimum atomic E-state index is -0.0109. The number of aromatic nitrogens is 7. The molecule has 0 saturated carbocycles. The van der Waals surface area contributed by atoms with Gasteiger partial charge in [0.15, 0.2) is 5.65 Å². The zero-order valence-corrected chi connectivity index (χ0v) is 23.1. The van der Waals surface area contributed by atoms with Crippen molar-refractivity contribution in [1.82, 2.24) is 39.6 Å². The van der Waals surface area contributed by atoms with Crippen molar-refractivity contribution >= 4 is 39.5 Å². The molecule has 1 fully saturated rings. The Morgan fingerprint density at radius 1 is 1.12 bits per heavy atom. The largest absolute Gasteiger partial charge is 0.489 e. The number of carbonyl (C=O) groups excluding carboxylic acids is 1. The highest BCUT2D eigenvalue weighted by Gasteiger charge is 2.28. The van der Waals surface area contributed by atoms with Gasteiger partial charge in [0.05, 0.1) is 34.5 Å². The third-order valence-corrected chi connectivity index (χ3v) is 7.33. The second-order valence-electron chi connectivity index (χ2n) is 10.4. The van der Waals surface area contributed by atoms with Crippen molar-refractivity contribution in [3.05, 3.63) is 79.1 Å². The van der Waals surface area contributed by atoms with Crippen molar-refractivity contribution in [2.75, 3.05) is 23.7 Å². The Hall–Kier alpha value is -5.52. The Morgan fingerprint density at radius 2 is 1.98 bits per heavy atom. The number of nitrogens with one attached hydrogen (secondary N) is 1. The number of nitrogens with two attached hydrogens (primary N) is 1. The Bertz CT molecular complexity index is 1960. The van der Waals surface area contributed by atoms with Crippen LogP contribution < -0.4 is 20.7 Å². The summed E-state index contributed by atoms with van der Waals surface area (Å²) in [6, 6.07) is 14.1. The molecule has 0 unspecified atom stereocenters. The number of hydrogen-bond donors (Lipinski definition) is 2. The minimum Gasteiger partial charge on any atom is -0.489 e. The lowest BCUT2D eigenvalue weighted by Gasteiger charge is -2.40. The first-order chi connectivity index (χ1) is 20.4. The average Bonchev–Trinajstić information content (AvgIpc) is 3.57. The number of benzene rings is 1. The molecule has 5 aromatic heterocycles. The summed E-state index contributed by atoms with van der Waals surface area (Å²) in [6.07, 6.45) is 8.86. The van der Waals surface area contributed by atoms with Gasteiger partial charge in [0.1, 0.15) is 30.3 Å². The maximum atomic E-state index is 11.3. The summed E-state index contributed by atoms with van der Waals surface area (Å²) in [7, 11) is 1.87. The van der Waals surface area contributed by atoms with Crippen LogP contribution in [0.4, 0.5) is 11.6 Å². The van der Waals surface area contributed by atoms with E-state index in [1.54, 1.807) is 17.1 Å². The van der Waals surface area contributed by atoms with Crippen LogP contribution in [0.1, 0.15) is 12.5 Å². The molecule has 0 aliphatic carbocycles. The fraction of sp³-hybridized carbons (Fsp3) is 0.200. The standard InChI is InChI=1S/C30H28N10O2/c1-18(41)35-21-13-39(14-21)27-6-4-20-3-5-23(10-26(20)36-27)42-16-19-9-22(12-32-11-19)40-15-24(25-7-8-38(2)37-25)28-29(31)33-17-34-30(28)40/h3-12,15,17,21H,13-14,16H2,1-2H3,(H,35,41)(H2,31,33,34). The maximum absolute atomic E-state index is 11.3. The molecule has 7 rings (SSSR count). The zero-order chi connectivity index (χ0) is 28.8. The van der Waals surface area contributed by atoms with E-state index in [0.29, 0.717) is 23.8 Å². The van der Waals surface area contributed by atoms with Gasteiger partial charge >= 0.3 is 0 Å². The molecule has 0 radical (unpaired) electrons. The van der Waals surface area contributed by atoms with E-state index in [1.807, 2.05) is 60.4 Å². The van der Waals surface area contributed by atoms with E-state index >= 15 is 0 Å². The highest BCUT2D eigenvalue weighted by Crippen LogP contribution is 2.33. The van der Waals surface area contributed by atoms with Crippen LogP contribution in [0.3, 0.4) is 0 Å². The lowest BCUT2D eigenvalue weighted by atomic mass is 10.1. The Balaban J connectivity index is 1.12. The molecule has 1 aliphatic rings. The third-order valence-electron chi connectivity index (χ3n) is 7.33. The first-order valence-electron chi connectivity index (χ1n) is 13.5. The summed E-state index contributed by atoms with van der Waals surface area (Å²) in [4.78, 5) is 31.5. The maximum Gasteiger partial charge on any atom is 0.217 e. The van der Waals surface area contributed by atoms with E-state index in [0.717, 1.165) is 57.7 Å². The van der Waals surface area contributed by atoms with Crippen LogP contribution in [0.5, 0.6) is 5.75 Å². The van der Waals surface area contributed by atoms with Crippen molar-refractivity contribution in [3.63, 3.8) is 0 Å². The van der Waals surface area contributed by atoms with E-state index in [9.17, 15) is 4.79 Å². The van der Waals surface area contributed by atoms with Gasteiger partial charge in [-0.05, 0) is 36.4 Å². The monoisotopic (exact) mass is 560 g/mol. The van der Waals surface area contributed by atoms with Crippen molar-refractivity contribution in [1.29, 1.82) is 0 Å². The molecule has 1 saturated heterocycles. The van der Waals surface area contributed by atoms with Crippen molar-refractivity contribution in [2.24, 2.45) is 7.05 Å². The van der Waals surface area contributed by atoms with Crippen LogP contribution in [-0.2, 0) is 18.4 Å². The zero-order valence-electron chi connectivity index (χ0n) is 23.1. The smallest absolute Gasteiger partial charge is 0.217 e. The normalized spacial score (nSPS) is 13.4. The molecule has 0 spiro atoms. The lowest BCUT2D eigenvalue weighted by Crippen LogP contribution is -2.59. The number of rotatable bonds is 7. The number of carbonyl (C=O) groups is 1. The summed E-state index contributed by atoms with van der Waals surface area (Å²) in [5.74, 6) is 1.97. The number of hydrogen-bond acceptors (Lipinski definition) is 9. The Kier molecular flexibility index (Phi) is 6.15. The minimum absolute atomic E-state index is 0.0109. The van der Waals surface area contributed by atoms with Crippen LogP contribution in [0.15, 0.2) is 73.6 Å². The quantitative estimate of drug-likeness (QED) is 0.301. The highest BCUT2D eigenvalue weighted by molar-refractivity contribution is 6.00.